The zero-order chi connectivity index (χ0) is 19.4. The van der Waals surface area contributed by atoms with Crippen LogP contribution in [0, 0.1) is 6.92 Å². The first-order chi connectivity index (χ1) is 12.3. The molecule has 2 rings (SSSR count). The van der Waals surface area contributed by atoms with Gasteiger partial charge < -0.3 is 19.6 Å². The van der Waals surface area contributed by atoms with E-state index in [0.29, 0.717) is 5.56 Å². The standard InChI is InChI=1S/C19H21NO6/c1-5-26-19(24)13-14(11(3)18(22)23)20-15(17(13)25-4)16(21)12-9-7-6-8-10(12)2/h6-9,11,20H,5H2,1-4H3,(H,22,23). The number of rotatable bonds is 7. The highest BCUT2D eigenvalue weighted by Crippen LogP contribution is 2.34. The average Bonchev–Trinajstić information content (AvgIpc) is 3.00. The van der Waals surface area contributed by atoms with E-state index in [1.54, 1.807) is 38.1 Å². The minimum absolute atomic E-state index is 0.0141. The minimum Gasteiger partial charge on any atom is -0.493 e. The summed E-state index contributed by atoms with van der Waals surface area (Å²) in [5, 5.41) is 9.35. The van der Waals surface area contributed by atoms with Crippen LogP contribution in [0.25, 0.3) is 0 Å². The largest absolute Gasteiger partial charge is 0.493 e. The molecule has 1 heterocycles. The van der Waals surface area contributed by atoms with Gasteiger partial charge in [0.1, 0.15) is 11.3 Å². The fourth-order valence-corrected chi connectivity index (χ4v) is 2.68. The van der Waals surface area contributed by atoms with E-state index in [2.05, 4.69) is 4.98 Å². The van der Waals surface area contributed by atoms with Crippen LogP contribution in [-0.4, -0.2) is 41.5 Å². The van der Waals surface area contributed by atoms with Crippen molar-refractivity contribution in [3.8, 4) is 5.75 Å². The highest BCUT2D eigenvalue weighted by atomic mass is 16.5. The van der Waals surface area contributed by atoms with Crippen molar-refractivity contribution in [2.45, 2.75) is 26.7 Å². The molecule has 0 radical (unpaired) electrons. The van der Waals surface area contributed by atoms with Crippen LogP contribution in [-0.2, 0) is 9.53 Å². The van der Waals surface area contributed by atoms with Gasteiger partial charge in [-0.2, -0.15) is 0 Å². The van der Waals surface area contributed by atoms with Gasteiger partial charge in [0.25, 0.3) is 0 Å². The second-order valence-electron chi connectivity index (χ2n) is 5.75. The highest BCUT2D eigenvalue weighted by molar-refractivity contribution is 6.13. The van der Waals surface area contributed by atoms with Crippen molar-refractivity contribution in [3.63, 3.8) is 0 Å². The second-order valence-corrected chi connectivity index (χ2v) is 5.75. The van der Waals surface area contributed by atoms with Gasteiger partial charge in [-0.05, 0) is 26.3 Å². The number of carboxylic acid groups (broad SMARTS) is 1. The van der Waals surface area contributed by atoms with Crippen molar-refractivity contribution in [3.05, 3.63) is 52.3 Å². The van der Waals surface area contributed by atoms with Gasteiger partial charge in [-0.15, -0.1) is 0 Å². The Morgan fingerprint density at radius 1 is 1.23 bits per heavy atom. The Balaban J connectivity index is 2.69. The molecule has 0 fully saturated rings. The Morgan fingerprint density at radius 3 is 2.42 bits per heavy atom. The molecule has 1 unspecified atom stereocenters. The molecule has 0 aliphatic rings. The Kier molecular flexibility index (Phi) is 5.82. The Bertz CT molecular complexity index is 852. The molecule has 0 saturated carbocycles. The van der Waals surface area contributed by atoms with Gasteiger partial charge in [0.05, 0.1) is 19.6 Å². The van der Waals surface area contributed by atoms with E-state index < -0.39 is 23.6 Å². The van der Waals surface area contributed by atoms with Gasteiger partial charge in [-0.1, -0.05) is 24.3 Å². The lowest BCUT2D eigenvalue weighted by Gasteiger charge is -2.09. The fourth-order valence-electron chi connectivity index (χ4n) is 2.68. The molecule has 2 N–H and O–H groups in total. The van der Waals surface area contributed by atoms with Gasteiger partial charge in [-0.25, -0.2) is 4.79 Å². The number of aromatic amines is 1. The Hall–Kier alpha value is -3.09. The summed E-state index contributed by atoms with van der Waals surface area (Å²) >= 11 is 0. The summed E-state index contributed by atoms with van der Waals surface area (Å²) in [6.07, 6.45) is 0. The molecule has 0 bridgehead atoms. The molecule has 1 atom stereocenters. The summed E-state index contributed by atoms with van der Waals surface area (Å²) in [5.74, 6) is -3.35. The molecule has 2 aromatic rings. The number of carboxylic acids is 1. The first kappa shape index (κ1) is 19.2. The summed E-state index contributed by atoms with van der Waals surface area (Å²) in [6.45, 7) is 4.94. The lowest BCUT2D eigenvalue weighted by Crippen LogP contribution is -2.14. The maximum Gasteiger partial charge on any atom is 0.343 e. The van der Waals surface area contributed by atoms with Crippen molar-refractivity contribution in [1.82, 2.24) is 4.98 Å². The first-order valence-corrected chi connectivity index (χ1v) is 8.13. The normalized spacial score (nSPS) is 11.7. The number of aliphatic carboxylic acids is 1. The van der Waals surface area contributed by atoms with Gasteiger partial charge in [0, 0.05) is 11.3 Å². The smallest absolute Gasteiger partial charge is 0.343 e. The number of benzene rings is 1. The van der Waals surface area contributed by atoms with Gasteiger partial charge in [-0.3, -0.25) is 9.59 Å². The number of methoxy groups -OCH3 is 1. The van der Waals surface area contributed by atoms with E-state index in [-0.39, 0.29) is 29.3 Å². The Labute approximate surface area is 150 Å². The van der Waals surface area contributed by atoms with E-state index in [1.165, 1.54) is 14.0 Å². The molecule has 1 aromatic carbocycles. The number of hydrogen-bond acceptors (Lipinski definition) is 5. The third kappa shape index (κ3) is 3.46. The third-order valence-electron chi connectivity index (χ3n) is 4.09. The van der Waals surface area contributed by atoms with Gasteiger partial charge in [0.2, 0.25) is 5.78 Å². The highest BCUT2D eigenvalue weighted by Gasteiger charge is 2.33. The molecule has 0 amide bonds. The van der Waals surface area contributed by atoms with E-state index in [1.807, 2.05) is 0 Å². The van der Waals surface area contributed by atoms with Crippen LogP contribution in [0.2, 0.25) is 0 Å². The number of hydrogen-bond donors (Lipinski definition) is 2. The molecular formula is C19H21NO6. The number of aryl methyl sites for hydroxylation is 1. The predicted molar refractivity (Wildman–Crippen MR) is 94.0 cm³/mol. The number of H-pyrrole nitrogens is 1. The molecule has 0 saturated heterocycles. The summed E-state index contributed by atoms with van der Waals surface area (Å²) in [4.78, 5) is 39.6. The van der Waals surface area contributed by atoms with E-state index >= 15 is 0 Å². The summed E-state index contributed by atoms with van der Waals surface area (Å²) in [5.41, 5.74) is 1.20. The second kappa shape index (κ2) is 7.86. The average molecular weight is 359 g/mol. The zero-order valence-corrected chi connectivity index (χ0v) is 15.1. The number of esters is 1. The SMILES string of the molecule is CCOC(=O)c1c(C(C)C(=O)O)[nH]c(C(=O)c2ccccc2C)c1OC. The molecule has 0 spiro atoms. The molecule has 138 valence electrons. The van der Waals surface area contributed by atoms with Gasteiger partial charge in [0.15, 0.2) is 5.75 Å². The number of ketones is 1. The van der Waals surface area contributed by atoms with Crippen molar-refractivity contribution >= 4 is 17.7 Å². The molecule has 1 aromatic heterocycles. The van der Waals surface area contributed by atoms with Crippen molar-refractivity contribution in [2.75, 3.05) is 13.7 Å². The predicted octanol–water partition coefficient (Wildman–Crippen LogP) is 2.93. The summed E-state index contributed by atoms with van der Waals surface area (Å²) in [6, 6.07) is 6.97. The van der Waals surface area contributed by atoms with E-state index in [0.717, 1.165) is 5.56 Å². The first-order valence-electron chi connectivity index (χ1n) is 8.13. The summed E-state index contributed by atoms with van der Waals surface area (Å²) in [7, 11) is 1.32. The Morgan fingerprint density at radius 2 is 1.88 bits per heavy atom. The monoisotopic (exact) mass is 359 g/mol. The van der Waals surface area contributed by atoms with Crippen LogP contribution < -0.4 is 4.74 Å². The molecule has 0 aliphatic carbocycles. The molecule has 7 nitrogen and oxygen atoms in total. The molecule has 0 aliphatic heterocycles. The third-order valence-corrected chi connectivity index (χ3v) is 4.09. The van der Waals surface area contributed by atoms with Crippen LogP contribution in [0.4, 0.5) is 0 Å². The van der Waals surface area contributed by atoms with Crippen LogP contribution in [0.3, 0.4) is 0 Å². The van der Waals surface area contributed by atoms with Crippen LogP contribution in [0.1, 0.15) is 57.4 Å². The van der Waals surface area contributed by atoms with Crippen LogP contribution in [0.15, 0.2) is 24.3 Å². The van der Waals surface area contributed by atoms with Crippen LogP contribution >= 0.6 is 0 Å². The zero-order valence-electron chi connectivity index (χ0n) is 15.1. The lowest BCUT2D eigenvalue weighted by molar-refractivity contribution is -0.138. The minimum atomic E-state index is -1.14. The number of ether oxygens (including phenoxy) is 2. The topological polar surface area (TPSA) is 106 Å². The van der Waals surface area contributed by atoms with E-state index in [4.69, 9.17) is 9.47 Å². The van der Waals surface area contributed by atoms with Crippen molar-refractivity contribution in [1.29, 1.82) is 0 Å². The molecule has 26 heavy (non-hydrogen) atoms. The maximum atomic E-state index is 13.0. The molecule has 7 heteroatoms. The molecular weight excluding hydrogens is 338 g/mol. The van der Waals surface area contributed by atoms with Gasteiger partial charge >= 0.3 is 11.9 Å². The number of nitrogens with one attached hydrogen (secondary N) is 1. The van der Waals surface area contributed by atoms with Crippen LogP contribution in [0.5, 0.6) is 5.75 Å². The summed E-state index contributed by atoms with van der Waals surface area (Å²) < 4.78 is 10.3. The number of carbonyl (C=O) groups is 3. The van der Waals surface area contributed by atoms with E-state index in [9.17, 15) is 19.5 Å². The number of aromatic nitrogens is 1. The lowest BCUT2D eigenvalue weighted by atomic mass is 10.0. The van der Waals surface area contributed by atoms with Crippen molar-refractivity contribution in [2.24, 2.45) is 0 Å². The number of carbonyl (C=O) groups excluding carboxylic acids is 2. The van der Waals surface area contributed by atoms with Crippen molar-refractivity contribution < 1.29 is 29.0 Å². The maximum absolute atomic E-state index is 13.0. The quantitative estimate of drug-likeness (QED) is 0.582. The fraction of sp³-hybridized carbons (Fsp3) is 0.316.